The van der Waals surface area contributed by atoms with E-state index in [9.17, 15) is 0 Å². The largest absolute Gasteiger partial charge is 0.380 e. The number of benzene rings is 1. The lowest BCUT2D eigenvalue weighted by molar-refractivity contribution is 0.136. The van der Waals surface area contributed by atoms with Gasteiger partial charge in [0.05, 0.1) is 6.61 Å². The number of aryl methyl sites for hydroxylation is 1. The summed E-state index contributed by atoms with van der Waals surface area (Å²) in [6, 6.07) is 8.46. The molecule has 0 atom stereocenters. The van der Waals surface area contributed by atoms with Crippen LogP contribution >= 0.6 is 0 Å². The van der Waals surface area contributed by atoms with E-state index in [2.05, 4.69) is 43.4 Å². The lowest BCUT2D eigenvalue weighted by atomic mass is 10.1. The fourth-order valence-corrected chi connectivity index (χ4v) is 1.42. The van der Waals surface area contributed by atoms with Crippen LogP contribution in [0.25, 0.3) is 0 Å². The SMILES string of the molecule is CCCOCCNCc1ccccc1C. The molecule has 2 heteroatoms. The standard InChI is InChI=1S/C13H21NO/c1-3-9-15-10-8-14-11-13-7-5-4-6-12(13)2/h4-7,14H,3,8-11H2,1-2H3. The van der Waals surface area contributed by atoms with E-state index >= 15 is 0 Å². The summed E-state index contributed by atoms with van der Waals surface area (Å²) in [6.45, 7) is 7.80. The first-order valence-electron chi connectivity index (χ1n) is 5.67. The predicted molar refractivity (Wildman–Crippen MR) is 64.0 cm³/mol. The van der Waals surface area contributed by atoms with Gasteiger partial charge in [0.1, 0.15) is 0 Å². The van der Waals surface area contributed by atoms with Crippen molar-refractivity contribution in [3.63, 3.8) is 0 Å². The Morgan fingerprint density at radius 2 is 2.00 bits per heavy atom. The van der Waals surface area contributed by atoms with Crippen molar-refractivity contribution in [3.05, 3.63) is 35.4 Å². The molecule has 1 N–H and O–H groups in total. The number of hydrogen-bond acceptors (Lipinski definition) is 2. The Bertz CT molecular complexity index is 273. The summed E-state index contributed by atoms with van der Waals surface area (Å²) in [5.41, 5.74) is 2.72. The smallest absolute Gasteiger partial charge is 0.0591 e. The van der Waals surface area contributed by atoms with Crippen LogP contribution in [0.3, 0.4) is 0 Å². The van der Waals surface area contributed by atoms with Gasteiger partial charge in [-0.2, -0.15) is 0 Å². The normalized spacial score (nSPS) is 10.5. The van der Waals surface area contributed by atoms with Crippen molar-refractivity contribution in [2.24, 2.45) is 0 Å². The zero-order chi connectivity index (χ0) is 10.9. The van der Waals surface area contributed by atoms with Crippen LogP contribution < -0.4 is 5.32 Å². The average molecular weight is 207 g/mol. The monoisotopic (exact) mass is 207 g/mol. The van der Waals surface area contributed by atoms with Gasteiger partial charge in [0, 0.05) is 19.7 Å². The maximum absolute atomic E-state index is 5.39. The molecular formula is C13H21NO. The van der Waals surface area contributed by atoms with Gasteiger partial charge >= 0.3 is 0 Å². The van der Waals surface area contributed by atoms with Crippen LogP contribution in [0.4, 0.5) is 0 Å². The molecule has 0 unspecified atom stereocenters. The molecule has 0 aromatic heterocycles. The lowest BCUT2D eigenvalue weighted by Crippen LogP contribution is -2.19. The molecule has 0 saturated carbocycles. The van der Waals surface area contributed by atoms with Crippen molar-refractivity contribution in [2.75, 3.05) is 19.8 Å². The Morgan fingerprint density at radius 3 is 2.73 bits per heavy atom. The number of hydrogen-bond donors (Lipinski definition) is 1. The molecule has 0 fully saturated rings. The van der Waals surface area contributed by atoms with E-state index < -0.39 is 0 Å². The molecule has 0 amide bonds. The van der Waals surface area contributed by atoms with Crippen LogP contribution in [0, 0.1) is 6.92 Å². The minimum atomic E-state index is 0.805. The van der Waals surface area contributed by atoms with Crippen molar-refractivity contribution < 1.29 is 4.74 Å². The molecule has 84 valence electrons. The minimum absolute atomic E-state index is 0.805. The fourth-order valence-electron chi connectivity index (χ4n) is 1.42. The highest BCUT2D eigenvalue weighted by Gasteiger charge is 1.95. The van der Waals surface area contributed by atoms with E-state index in [1.54, 1.807) is 0 Å². The first-order chi connectivity index (χ1) is 7.34. The molecule has 15 heavy (non-hydrogen) atoms. The topological polar surface area (TPSA) is 21.3 Å². The highest BCUT2D eigenvalue weighted by atomic mass is 16.5. The van der Waals surface area contributed by atoms with Crippen molar-refractivity contribution in [1.29, 1.82) is 0 Å². The molecule has 0 aliphatic heterocycles. The zero-order valence-electron chi connectivity index (χ0n) is 9.75. The lowest BCUT2D eigenvalue weighted by Gasteiger charge is -2.07. The van der Waals surface area contributed by atoms with Gasteiger partial charge in [0.2, 0.25) is 0 Å². The zero-order valence-corrected chi connectivity index (χ0v) is 9.75. The van der Waals surface area contributed by atoms with Gasteiger partial charge < -0.3 is 10.1 Å². The molecule has 2 nitrogen and oxygen atoms in total. The van der Waals surface area contributed by atoms with Gasteiger partial charge in [-0.25, -0.2) is 0 Å². The minimum Gasteiger partial charge on any atom is -0.380 e. The summed E-state index contributed by atoms with van der Waals surface area (Å²) < 4.78 is 5.39. The van der Waals surface area contributed by atoms with Crippen LogP contribution in [0.2, 0.25) is 0 Å². The predicted octanol–water partition coefficient (Wildman–Crippen LogP) is 2.51. The molecular weight excluding hydrogens is 186 g/mol. The maximum Gasteiger partial charge on any atom is 0.0591 e. The van der Waals surface area contributed by atoms with Crippen LogP contribution in [0.15, 0.2) is 24.3 Å². The molecule has 0 bridgehead atoms. The van der Waals surface area contributed by atoms with Gasteiger partial charge in [0.15, 0.2) is 0 Å². The van der Waals surface area contributed by atoms with Crippen molar-refractivity contribution in [2.45, 2.75) is 26.8 Å². The van der Waals surface area contributed by atoms with Gasteiger partial charge in [-0.3, -0.25) is 0 Å². The van der Waals surface area contributed by atoms with Crippen molar-refractivity contribution >= 4 is 0 Å². The molecule has 0 saturated heterocycles. The summed E-state index contributed by atoms with van der Waals surface area (Å²) in [5, 5.41) is 3.38. The quantitative estimate of drug-likeness (QED) is 0.694. The summed E-state index contributed by atoms with van der Waals surface area (Å²) in [5.74, 6) is 0. The first kappa shape index (κ1) is 12.2. The molecule has 1 rings (SSSR count). The van der Waals surface area contributed by atoms with Crippen LogP contribution in [-0.2, 0) is 11.3 Å². The summed E-state index contributed by atoms with van der Waals surface area (Å²) in [6.07, 6.45) is 1.10. The molecule has 0 radical (unpaired) electrons. The Morgan fingerprint density at radius 1 is 1.20 bits per heavy atom. The Kier molecular flexibility index (Phi) is 6.05. The summed E-state index contributed by atoms with van der Waals surface area (Å²) >= 11 is 0. The fraction of sp³-hybridized carbons (Fsp3) is 0.538. The Balaban J connectivity index is 2.12. The van der Waals surface area contributed by atoms with Crippen molar-refractivity contribution in [3.8, 4) is 0 Å². The van der Waals surface area contributed by atoms with Gasteiger partial charge in [-0.1, -0.05) is 31.2 Å². The molecule has 0 heterocycles. The van der Waals surface area contributed by atoms with Crippen molar-refractivity contribution in [1.82, 2.24) is 5.32 Å². The van der Waals surface area contributed by atoms with E-state index in [1.165, 1.54) is 11.1 Å². The van der Waals surface area contributed by atoms with E-state index in [0.717, 1.165) is 32.7 Å². The van der Waals surface area contributed by atoms with Gasteiger partial charge in [-0.05, 0) is 24.5 Å². The first-order valence-corrected chi connectivity index (χ1v) is 5.67. The van der Waals surface area contributed by atoms with E-state index in [4.69, 9.17) is 4.74 Å². The highest BCUT2D eigenvalue weighted by molar-refractivity contribution is 5.25. The average Bonchev–Trinajstić information content (AvgIpc) is 2.25. The maximum atomic E-state index is 5.39. The number of ether oxygens (including phenoxy) is 1. The molecule has 1 aromatic rings. The number of nitrogens with one attached hydrogen (secondary N) is 1. The second-order valence-electron chi connectivity index (χ2n) is 3.72. The molecule has 0 aliphatic rings. The third-order valence-electron chi connectivity index (χ3n) is 2.35. The Labute approximate surface area is 92.6 Å². The molecule has 0 aliphatic carbocycles. The van der Waals surface area contributed by atoms with Crippen LogP contribution in [0.1, 0.15) is 24.5 Å². The highest BCUT2D eigenvalue weighted by Crippen LogP contribution is 2.05. The van der Waals surface area contributed by atoms with E-state index in [1.807, 2.05) is 0 Å². The van der Waals surface area contributed by atoms with Gasteiger partial charge in [0.25, 0.3) is 0 Å². The van der Waals surface area contributed by atoms with E-state index in [0.29, 0.717) is 0 Å². The van der Waals surface area contributed by atoms with Crippen LogP contribution in [0.5, 0.6) is 0 Å². The van der Waals surface area contributed by atoms with Crippen LogP contribution in [-0.4, -0.2) is 19.8 Å². The number of rotatable bonds is 7. The second kappa shape index (κ2) is 7.43. The molecule has 0 spiro atoms. The third-order valence-corrected chi connectivity index (χ3v) is 2.35. The summed E-state index contributed by atoms with van der Waals surface area (Å²) in [7, 11) is 0. The molecule has 1 aromatic carbocycles. The second-order valence-corrected chi connectivity index (χ2v) is 3.72. The van der Waals surface area contributed by atoms with Gasteiger partial charge in [-0.15, -0.1) is 0 Å². The van der Waals surface area contributed by atoms with E-state index in [-0.39, 0.29) is 0 Å². The summed E-state index contributed by atoms with van der Waals surface area (Å²) in [4.78, 5) is 0. The Hall–Kier alpha value is -0.860. The third kappa shape index (κ3) is 4.96.